The van der Waals surface area contributed by atoms with E-state index in [9.17, 15) is 9.59 Å². The molecule has 7 heteroatoms. The maximum Gasteiger partial charge on any atom is 0.291 e. The molecule has 0 spiro atoms. The monoisotopic (exact) mass is 555 g/mol. The van der Waals surface area contributed by atoms with Crippen molar-refractivity contribution in [3.8, 4) is 11.3 Å². The van der Waals surface area contributed by atoms with E-state index in [4.69, 9.17) is 4.42 Å². The molecule has 1 aliphatic heterocycles. The summed E-state index contributed by atoms with van der Waals surface area (Å²) in [5.41, 5.74) is 3.66. The van der Waals surface area contributed by atoms with Gasteiger partial charge in [-0.2, -0.15) is 0 Å². The number of piperazine rings is 1. The Morgan fingerprint density at radius 1 is 0.811 bits per heavy atom. The molecule has 6 nitrogen and oxygen atoms in total. The van der Waals surface area contributed by atoms with Crippen LogP contribution in [0.5, 0.6) is 0 Å². The molecule has 3 aromatic carbocycles. The predicted octanol–water partition coefficient (Wildman–Crippen LogP) is 6.32. The van der Waals surface area contributed by atoms with Crippen LogP contribution in [0.2, 0.25) is 0 Å². The third kappa shape index (κ3) is 6.19. The fourth-order valence-corrected chi connectivity index (χ4v) is 4.46. The first-order chi connectivity index (χ1) is 18.0. The van der Waals surface area contributed by atoms with E-state index in [0.29, 0.717) is 24.5 Å². The number of hydrogen-bond acceptors (Lipinski definition) is 4. The van der Waals surface area contributed by atoms with Gasteiger partial charge in [0.1, 0.15) is 5.76 Å². The van der Waals surface area contributed by atoms with Crippen LogP contribution in [0.25, 0.3) is 17.4 Å². The zero-order chi connectivity index (χ0) is 25.6. The van der Waals surface area contributed by atoms with Crippen molar-refractivity contribution < 1.29 is 14.0 Å². The quantitative estimate of drug-likeness (QED) is 0.282. The SMILES string of the molecule is O=C(Nc1ccc(N2CCN(C(=O)/C=C/c3ccccc3)CC2)cc1)c1ccc(-c2ccc(Br)cc2)o1. The Labute approximate surface area is 224 Å². The van der Waals surface area contributed by atoms with Crippen LogP contribution < -0.4 is 10.2 Å². The summed E-state index contributed by atoms with van der Waals surface area (Å²) in [7, 11) is 0. The number of furan rings is 1. The van der Waals surface area contributed by atoms with E-state index in [-0.39, 0.29) is 17.6 Å². The number of nitrogens with zero attached hydrogens (tertiary/aromatic N) is 2. The Kier molecular flexibility index (Phi) is 7.51. The summed E-state index contributed by atoms with van der Waals surface area (Å²) < 4.78 is 6.74. The molecule has 0 radical (unpaired) electrons. The van der Waals surface area contributed by atoms with Gasteiger partial charge in [0, 0.05) is 53.7 Å². The van der Waals surface area contributed by atoms with Crippen molar-refractivity contribution in [1.82, 2.24) is 4.90 Å². The zero-order valence-electron chi connectivity index (χ0n) is 20.1. The van der Waals surface area contributed by atoms with Crippen LogP contribution in [0.15, 0.2) is 106 Å². The molecule has 5 rings (SSSR count). The van der Waals surface area contributed by atoms with Crippen molar-refractivity contribution in [2.75, 3.05) is 36.4 Å². The summed E-state index contributed by atoms with van der Waals surface area (Å²) in [6, 6.07) is 28.7. The van der Waals surface area contributed by atoms with Crippen LogP contribution in [0, 0.1) is 0 Å². The van der Waals surface area contributed by atoms with Crippen LogP contribution in [-0.2, 0) is 4.79 Å². The van der Waals surface area contributed by atoms with Crippen LogP contribution in [0.1, 0.15) is 16.1 Å². The molecule has 2 amide bonds. The van der Waals surface area contributed by atoms with E-state index in [0.717, 1.165) is 34.4 Å². The van der Waals surface area contributed by atoms with Crippen molar-refractivity contribution in [1.29, 1.82) is 0 Å². The van der Waals surface area contributed by atoms with E-state index < -0.39 is 0 Å². The summed E-state index contributed by atoms with van der Waals surface area (Å²) in [6.07, 6.45) is 3.50. The molecule has 37 heavy (non-hydrogen) atoms. The van der Waals surface area contributed by atoms with Crippen molar-refractivity contribution in [2.24, 2.45) is 0 Å². The number of nitrogens with one attached hydrogen (secondary N) is 1. The van der Waals surface area contributed by atoms with Crippen molar-refractivity contribution in [3.63, 3.8) is 0 Å². The minimum atomic E-state index is -0.299. The molecule has 1 N–H and O–H groups in total. The number of benzene rings is 3. The van der Waals surface area contributed by atoms with Gasteiger partial charge in [0.25, 0.3) is 5.91 Å². The molecule has 4 aromatic rings. The van der Waals surface area contributed by atoms with Crippen LogP contribution >= 0.6 is 15.9 Å². The number of halogens is 1. The van der Waals surface area contributed by atoms with Gasteiger partial charge >= 0.3 is 0 Å². The first-order valence-corrected chi connectivity index (χ1v) is 12.9. The maximum absolute atomic E-state index is 12.7. The Morgan fingerprint density at radius 3 is 2.22 bits per heavy atom. The fraction of sp³-hybridized carbons (Fsp3) is 0.133. The molecule has 1 aromatic heterocycles. The topological polar surface area (TPSA) is 65.8 Å². The minimum Gasteiger partial charge on any atom is -0.451 e. The molecule has 0 bridgehead atoms. The third-order valence-electron chi connectivity index (χ3n) is 6.26. The van der Waals surface area contributed by atoms with Gasteiger partial charge in [-0.05, 0) is 60.2 Å². The Hall–Kier alpha value is -4.10. The van der Waals surface area contributed by atoms with E-state index in [1.54, 1.807) is 18.2 Å². The van der Waals surface area contributed by atoms with E-state index in [2.05, 4.69) is 26.1 Å². The van der Waals surface area contributed by atoms with Crippen LogP contribution in [0.4, 0.5) is 11.4 Å². The number of rotatable bonds is 6. The highest BCUT2D eigenvalue weighted by Crippen LogP contribution is 2.25. The van der Waals surface area contributed by atoms with Gasteiger partial charge in [0.15, 0.2) is 5.76 Å². The largest absolute Gasteiger partial charge is 0.451 e. The summed E-state index contributed by atoms with van der Waals surface area (Å²) in [5.74, 6) is 0.625. The lowest BCUT2D eigenvalue weighted by Gasteiger charge is -2.35. The molecule has 2 heterocycles. The van der Waals surface area contributed by atoms with Gasteiger partial charge < -0.3 is 19.5 Å². The molecule has 0 unspecified atom stereocenters. The zero-order valence-corrected chi connectivity index (χ0v) is 21.7. The Bertz CT molecular complexity index is 1390. The van der Waals surface area contributed by atoms with E-state index >= 15 is 0 Å². The van der Waals surface area contributed by atoms with Gasteiger partial charge in [-0.3, -0.25) is 9.59 Å². The Morgan fingerprint density at radius 2 is 1.51 bits per heavy atom. The highest BCUT2D eigenvalue weighted by atomic mass is 79.9. The van der Waals surface area contributed by atoms with Crippen LogP contribution in [0.3, 0.4) is 0 Å². The highest BCUT2D eigenvalue weighted by molar-refractivity contribution is 9.10. The molecule has 1 fully saturated rings. The predicted molar refractivity (Wildman–Crippen MR) is 151 cm³/mol. The molecule has 0 saturated carbocycles. The molecule has 1 saturated heterocycles. The molecular formula is C30H26BrN3O3. The Balaban J connectivity index is 1.13. The van der Waals surface area contributed by atoms with Gasteiger partial charge in [0.05, 0.1) is 0 Å². The van der Waals surface area contributed by atoms with Gasteiger partial charge in [0.2, 0.25) is 5.91 Å². The molecular weight excluding hydrogens is 530 g/mol. The molecule has 1 aliphatic rings. The fourth-order valence-electron chi connectivity index (χ4n) is 4.20. The number of amides is 2. The maximum atomic E-state index is 12.7. The van der Waals surface area contributed by atoms with E-state index in [1.165, 1.54) is 0 Å². The molecule has 0 aliphatic carbocycles. The van der Waals surface area contributed by atoms with Gasteiger partial charge in [-0.25, -0.2) is 0 Å². The summed E-state index contributed by atoms with van der Waals surface area (Å²) in [4.78, 5) is 29.3. The van der Waals surface area contributed by atoms with Crippen molar-refractivity contribution >= 4 is 45.2 Å². The summed E-state index contributed by atoms with van der Waals surface area (Å²) >= 11 is 3.42. The average Bonchev–Trinajstić information content (AvgIpc) is 3.44. The lowest BCUT2D eigenvalue weighted by molar-refractivity contribution is -0.126. The number of hydrogen-bond donors (Lipinski definition) is 1. The summed E-state index contributed by atoms with van der Waals surface area (Å²) in [6.45, 7) is 2.83. The second-order valence-corrected chi connectivity index (χ2v) is 9.64. The van der Waals surface area contributed by atoms with Crippen molar-refractivity contribution in [2.45, 2.75) is 0 Å². The second kappa shape index (κ2) is 11.3. The summed E-state index contributed by atoms with van der Waals surface area (Å²) in [5, 5.41) is 2.89. The normalized spacial score (nSPS) is 13.6. The molecule has 0 atom stereocenters. The second-order valence-electron chi connectivity index (χ2n) is 8.73. The lowest BCUT2D eigenvalue weighted by Crippen LogP contribution is -2.48. The van der Waals surface area contributed by atoms with Gasteiger partial charge in [-0.15, -0.1) is 0 Å². The average molecular weight is 556 g/mol. The minimum absolute atomic E-state index is 0.0304. The standard InChI is InChI=1S/C30H26BrN3O3/c31-24-9-7-23(8-10-24)27-15-16-28(37-27)30(36)32-25-11-13-26(14-12-25)33-18-20-34(21-19-33)29(35)17-6-22-4-2-1-3-5-22/h1-17H,18-21H2,(H,32,36)/b17-6+. The number of carbonyl (C=O) groups excluding carboxylic acids is 2. The number of anilines is 2. The van der Waals surface area contributed by atoms with E-state index in [1.807, 2.05) is 89.8 Å². The first kappa shape index (κ1) is 24.6. The first-order valence-electron chi connectivity index (χ1n) is 12.1. The highest BCUT2D eigenvalue weighted by Gasteiger charge is 2.20. The smallest absolute Gasteiger partial charge is 0.291 e. The van der Waals surface area contributed by atoms with Crippen molar-refractivity contribution in [3.05, 3.63) is 113 Å². The van der Waals surface area contributed by atoms with Crippen LogP contribution in [-0.4, -0.2) is 42.9 Å². The van der Waals surface area contributed by atoms with Gasteiger partial charge in [-0.1, -0.05) is 58.4 Å². The number of carbonyl (C=O) groups is 2. The third-order valence-corrected chi connectivity index (χ3v) is 6.79. The molecule has 186 valence electrons. The lowest BCUT2D eigenvalue weighted by atomic mass is 10.2.